The van der Waals surface area contributed by atoms with Crippen LogP contribution in [-0.2, 0) is 4.79 Å². The normalized spacial score (nSPS) is 24.8. The van der Waals surface area contributed by atoms with Gasteiger partial charge in [-0.1, -0.05) is 0 Å². The Kier molecular flexibility index (Phi) is 5.13. The van der Waals surface area contributed by atoms with Gasteiger partial charge in [0.25, 0.3) is 0 Å². The van der Waals surface area contributed by atoms with Crippen LogP contribution in [-0.4, -0.2) is 18.5 Å². The molecular formula is C11H19N3O. The van der Waals surface area contributed by atoms with Crippen molar-refractivity contribution in [2.75, 3.05) is 6.54 Å². The predicted molar refractivity (Wildman–Crippen MR) is 57.8 cm³/mol. The average Bonchev–Trinajstić information content (AvgIpc) is 2.64. The number of nitrogens with one attached hydrogen (secondary N) is 1. The summed E-state index contributed by atoms with van der Waals surface area (Å²) < 4.78 is 0. The molecule has 0 spiro atoms. The summed E-state index contributed by atoms with van der Waals surface area (Å²) in [5.74, 6) is 0.260. The summed E-state index contributed by atoms with van der Waals surface area (Å²) in [5.41, 5.74) is 5.74. The molecule has 0 bridgehead atoms. The first kappa shape index (κ1) is 12.0. The molecule has 1 amide bonds. The molecule has 0 aromatic heterocycles. The Morgan fingerprint density at radius 3 is 2.87 bits per heavy atom. The molecule has 0 aromatic carbocycles. The molecule has 1 saturated carbocycles. The van der Waals surface area contributed by atoms with Crippen molar-refractivity contribution in [1.82, 2.24) is 5.32 Å². The highest BCUT2D eigenvalue weighted by molar-refractivity contribution is 5.78. The van der Waals surface area contributed by atoms with E-state index in [0.717, 1.165) is 32.1 Å². The SMILES string of the molecule is N#CCCCCNC(=O)C1CCC(N)C1. The highest BCUT2D eigenvalue weighted by atomic mass is 16.1. The number of unbranched alkanes of at least 4 members (excludes halogenated alkanes) is 2. The van der Waals surface area contributed by atoms with Gasteiger partial charge in [-0.15, -0.1) is 0 Å². The van der Waals surface area contributed by atoms with Gasteiger partial charge in [-0.25, -0.2) is 0 Å². The summed E-state index contributed by atoms with van der Waals surface area (Å²) in [6.45, 7) is 0.687. The molecule has 1 fully saturated rings. The molecule has 1 rings (SSSR count). The minimum absolute atomic E-state index is 0.121. The van der Waals surface area contributed by atoms with E-state index in [1.807, 2.05) is 0 Å². The van der Waals surface area contributed by atoms with Gasteiger partial charge in [0.15, 0.2) is 0 Å². The van der Waals surface area contributed by atoms with Gasteiger partial charge < -0.3 is 11.1 Å². The highest BCUT2D eigenvalue weighted by Crippen LogP contribution is 2.23. The van der Waals surface area contributed by atoms with E-state index in [0.29, 0.717) is 13.0 Å². The maximum Gasteiger partial charge on any atom is 0.223 e. The molecule has 1 aliphatic rings. The molecule has 4 nitrogen and oxygen atoms in total. The molecule has 2 unspecified atom stereocenters. The number of hydrogen-bond donors (Lipinski definition) is 2. The lowest BCUT2D eigenvalue weighted by Gasteiger charge is -2.09. The van der Waals surface area contributed by atoms with Crippen LogP contribution >= 0.6 is 0 Å². The maximum absolute atomic E-state index is 11.6. The molecule has 0 radical (unpaired) electrons. The molecule has 15 heavy (non-hydrogen) atoms. The minimum Gasteiger partial charge on any atom is -0.356 e. The Bertz CT molecular complexity index is 247. The fourth-order valence-electron chi connectivity index (χ4n) is 1.94. The second-order valence-electron chi connectivity index (χ2n) is 4.18. The van der Waals surface area contributed by atoms with Crippen LogP contribution in [0.4, 0.5) is 0 Å². The Balaban J connectivity index is 2.06. The van der Waals surface area contributed by atoms with Crippen LogP contribution in [0.5, 0.6) is 0 Å². The molecule has 0 aromatic rings. The van der Waals surface area contributed by atoms with Gasteiger partial charge in [0, 0.05) is 24.9 Å². The number of hydrogen-bond acceptors (Lipinski definition) is 3. The molecule has 2 atom stereocenters. The zero-order chi connectivity index (χ0) is 11.1. The third-order valence-corrected chi connectivity index (χ3v) is 2.86. The van der Waals surface area contributed by atoms with Crippen molar-refractivity contribution < 1.29 is 4.79 Å². The van der Waals surface area contributed by atoms with Crippen molar-refractivity contribution in [3.63, 3.8) is 0 Å². The first-order valence-electron chi connectivity index (χ1n) is 5.64. The molecule has 4 heteroatoms. The second kappa shape index (κ2) is 6.41. The van der Waals surface area contributed by atoms with Gasteiger partial charge >= 0.3 is 0 Å². The summed E-state index contributed by atoms with van der Waals surface area (Å²) in [4.78, 5) is 11.6. The third-order valence-electron chi connectivity index (χ3n) is 2.86. The molecule has 0 aliphatic heterocycles. The number of nitrogens with zero attached hydrogens (tertiary/aromatic N) is 1. The topological polar surface area (TPSA) is 78.9 Å². The van der Waals surface area contributed by atoms with Crippen molar-refractivity contribution in [2.24, 2.45) is 11.7 Å². The lowest BCUT2D eigenvalue weighted by Crippen LogP contribution is -2.31. The van der Waals surface area contributed by atoms with Gasteiger partial charge in [0.2, 0.25) is 5.91 Å². The Labute approximate surface area is 90.8 Å². The van der Waals surface area contributed by atoms with E-state index in [9.17, 15) is 4.79 Å². The number of carbonyl (C=O) groups is 1. The summed E-state index contributed by atoms with van der Waals surface area (Å²) in [5, 5.41) is 11.2. The zero-order valence-corrected chi connectivity index (χ0v) is 9.04. The molecule has 0 heterocycles. The number of carbonyl (C=O) groups excluding carboxylic acids is 1. The van der Waals surface area contributed by atoms with Gasteiger partial charge in [-0.05, 0) is 32.1 Å². The first-order chi connectivity index (χ1) is 7.24. The quantitative estimate of drug-likeness (QED) is 0.661. The van der Waals surface area contributed by atoms with E-state index in [2.05, 4.69) is 11.4 Å². The lowest BCUT2D eigenvalue weighted by atomic mass is 10.1. The van der Waals surface area contributed by atoms with Crippen LogP contribution in [0.25, 0.3) is 0 Å². The molecule has 84 valence electrons. The smallest absolute Gasteiger partial charge is 0.223 e. The van der Waals surface area contributed by atoms with Crippen LogP contribution in [0.1, 0.15) is 38.5 Å². The Morgan fingerprint density at radius 2 is 2.27 bits per heavy atom. The monoisotopic (exact) mass is 209 g/mol. The van der Waals surface area contributed by atoms with Crippen molar-refractivity contribution in [1.29, 1.82) is 5.26 Å². The lowest BCUT2D eigenvalue weighted by molar-refractivity contribution is -0.124. The number of nitriles is 1. The van der Waals surface area contributed by atoms with Crippen LogP contribution in [0.15, 0.2) is 0 Å². The number of nitrogens with two attached hydrogens (primary N) is 1. The van der Waals surface area contributed by atoms with Crippen molar-refractivity contribution in [2.45, 2.75) is 44.6 Å². The van der Waals surface area contributed by atoms with Crippen LogP contribution in [0.3, 0.4) is 0 Å². The van der Waals surface area contributed by atoms with Crippen molar-refractivity contribution in [3.05, 3.63) is 0 Å². The van der Waals surface area contributed by atoms with E-state index < -0.39 is 0 Å². The molecule has 1 aliphatic carbocycles. The van der Waals surface area contributed by atoms with Crippen LogP contribution in [0, 0.1) is 17.2 Å². The van der Waals surface area contributed by atoms with Gasteiger partial charge in [-0.3, -0.25) is 4.79 Å². The second-order valence-corrected chi connectivity index (χ2v) is 4.18. The van der Waals surface area contributed by atoms with Crippen molar-refractivity contribution in [3.8, 4) is 6.07 Å². The van der Waals surface area contributed by atoms with E-state index in [4.69, 9.17) is 11.0 Å². The zero-order valence-electron chi connectivity index (χ0n) is 9.04. The van der Waals surface area contributed by atoms with Crippen LogP contribution < -0.4 is 11.1 Å². The number of rotatable bonds is 5. The summed E-state index contributed by atoms with van der Waals surface area (Å²) in [6.07, 6.45) is 5.03. The maximum atomic E-state index is 11.6. The van der Waals surface area contributed by atoms with Crippen LogP contribution in [0.2, 0.25) is 0 Å². The summed E-state index contributed by atoms with van der Waals surface area (Å²) in [6, 6.07) is 2.30. The predicted octanol–water partition coefficient (Wildman–Crippen LogP) is 0.924. The third kappa shape index (κ3) is 4.30. The van der Waals surface area contributed by atoms with Gasteiger partial charge in [0.05, 0.1) is 6.07 Å². The fraction of sp³-hybridized carbons (Fsp3) is 0.818. The van der Waals surface area contributed by atoms with E-state index in [1.54, 1.807) is 0 Å². The van der Waals surface area contributed by atoms with E-state index in [-0.39, 0.29) is 17.9 Å². The fourth-order valence-corrected chi connectivity index (χ4v) is 1.94. The van der Waals surface area contributed by atoms with Gasteiger partial charge in [-0.2, -0.15) is 5.26 Å². The van der Waals surface area contributed by atoms with E-state index in [1.165, 1.54) is 0 Å². The minimum atomic E-state index is 0.121. The Morgan fingerprint density at radius 1 is 1.47 bits per heavy atom. The molecule has 3 N–H and O–H groups in total. The number of amides is 1. The van der Waals surface area contributed by atoms with E-state index >= 15 is 0 Å². The molecular weight excluding hydrogens is 190 g/mol. The molecule has 0 saturated heterocycles. The standard InChI is InChI=1S/C11H19N3O/c12-6-2-1-3-7-14-11(15)9-4-5-10(13)8-9/h9-10H,1-5,7-8,13H2,(H,14,15). The first-order valence-corrected chi connectivity index (χ1v) is 5.64. The van der Waals surface area contributed by atoms with Crippen molar-refractivity contribution >= 4 is 5.91 Å². The highest BCUT2D eigenvalue weighted by Gasteiger charge is 2.27. The largest absolute Gasteiger partial charge is 0.356 e. The van der Waals surface area contributed by atoms with Gasteiger partial charge in [0.1, 0.15) is 0 Å². The summed E-state index contributed by atoms with van der Waals surface area (Å²) >= 11 is 0. The summed E-state index contributed by atoms with van der Waals surface area (Å²) in [7, 11) is 0. The average molecular weight is 209 g/mol. The Hall–Kier alpha value is -1.08.